The fourth-order valence-electron chi connectivity index (χ4n) is 2.78. The summed E-state index contributed by atoms with van der Waals surface area (Å²) in [5.74, 6) is -0.363. The fraction of sp³-hybridized carbons (Fsp3) is 0.471. The van der Waals surface area contributed by atoms with E-state index in [1.807, 2.05) is 13.0 Å². The first-order valence-electron chi connectivity index (χ1n) is 8.26. The highest BCUT2D eigenvalue weighted by Gasteiger charge is 2.36. The second kappa shape index (κ2) is 9.03. The van der Waals surface area contributed by atoms with Crippen LogP contribution in [0.3, 0.4) is 0 Å². The summed E-state index contributed by atoms with van der Waals surface area (Å²) in [5.41, 5.74) is 0.583. The summed E-state index contributed by atoms with van der Waals surface area (Å²) in [5, 5.41) is 5.53. The number of carbonyl (C=O) groups excluding carboxylic acids is 3. The minimum absolute atomic E-state index is 0.0551. The lowest BCUT2D eigenvalue weighted by Crippen LogP contribution is -3.20. The predicted octanol–water partition coefficient (Wildman–Crippen LogP) is -1.03. The molecule has 1 aromatic carbocycles. The molecule has 0 spiro atoms. The summed E-state index contributed by atoms with van der Waals surface area (Å²) in [7, 11) is 1.28. The predicted molar refractivity (Wildman–Crippen MR) is 90.4 cm³/mol. The van der Waals surface area contributed by atoms with Crippen molar-refractivity contribution in [3.05, 3.63) is 24.3 Å². The average molecular weight is 350 g/mol. The molecule has 136 valence electrons. The molecule has 25 heavy (non-hydrogen) atoms. The normalized spacial score (nSPS) is 19.7. The minimum Gasteiger partial charge on any atom is -0.492 e. The zero-order valence-electron chi connectivity index (χ0n) is 14.5. The molecule has 1 heterocycles. The first kappa shape index (κ1) is 18.7. The van der Waals surface area contributed by atoms with Gasteiger partial charge in [-0.25, -0.2) is 0 Å². The number of rotatable bonds is 7. The molecule has 2 rings (SSSR count). The van der Waals surface area contributed by atoms with Gasteiger partial charge >= 0.3 is 5.97 Å². The number of nitrogens with one attached hydrogen (secondary N) is 3. The highest BCUT2D eigenvalue weighted by molar-refractivity contribution is 5.93. The highest BCUT2D eigenvalue weighted by Crippen LogP contribution is 2.23. The maximum atomic E-state index is 12.4. The maximum Gasteiger partial charge on any atom is 0.312 e. The molecule has 8 nitrogen and oxygen atoms in total. The van der Waals surface area contributed by atoms with Crippen LogP contribution in [0.1, 0.15) is 13.3 Å². The van der Waals surface area contributed by atoms with Gasteiger partial charge in [-0.3, -0.25) is 14.4 Å². The smallest absolute Gasteiger partial charge is 0.312 e. The van der Waals surface area contributed by atoms with Crippen molar-refractivity contribution >= 4 is 23.5 Å². The van der Waals surface area contributed by atoms with Gasteiger partial charge < -0.3 is 25.0 Å². The number of hydrogen-bond acceptors (Lipinski definition) is 5. The van der Waals surface area contributed by atoms with Gasteiger partial charge in [0.1, 0.15) is 12.2 Å². The number of piperazine rings is 1. The molecule has 2 atom stereocenters. The molecule has 1 saturated heterocycles. The van der Waals surface area contributed by atoms with Gasteiger partial charge in [0.15, 0.2) is 12.6 Å². The molecule has 1 unspecified atom stereocenters. The summed E-state index contributed by atoms with van der Waals surface area (Å²) >= 11 is 0. The number of hydrogen-bond donors (Lipinski definition) is 3. The van der Waals surface area contributed by atoms with Crippen molar-refractivity contribution in [3.8, 4) is 5.75 Å². The molecule has 0 bridgehead atoms. The summed E-state index contributed by atoms with van der Waals surface area (Å²) in [4.78, 5) is 36.7. The molecule has 3 N–H and O–H groups in total. The maximum absolute atomic E-state index is 12.4. The van der Waals surface area contributed by atoms with Gasteiger partial charge in [0.2, 0.25) is 0 Å². The van der Waals surface area contributed by atoms with Crippen LogP contribution >= 0.6 is 0 Å². The van der Waals surface area contributed by atoms with Crippen LogP contribution in [0, 0.1) is 0 Å². The Morgan fingerprint density at radius 1 is 1.36 bits per heavy atom. The van der Waals surface area contributed by atoms with E-state index in [1.54, 1.807) is 18.2 Å². The molecule has 0 radical (unpaired) electrons. The SMILES string of the molecule is CCOc1ccccc1NC(=O)C[NH+]1CCNC(=O)[C@H]1CC(=O)OC. The van der Waals surface area contributed by atoms with Gasteiger partial charge in [-0.1, -0.05) is 12.1 Å². The first-order valence-corrected chi connectivity index (χ1v) is 8.26. The number of carbonyl (C=O) groups is 3. The van der Waals surface area contributed by atoms with E-state index in [4.69, 9.17) is 4.74 Å². The van der Waals surface area contributed by atoms with Crippen LogP contribution < -0.4 is 20.3 Å². The van der Waals surface area contributed by atoms with Gasteiger partial charge in [0.05, 0.1) is 32.5 Å². The third-order valence-electron chi connectivity index (χ3n) is 4.00. The number of amides is 2. The van der Waals surface area contributed by atoms with E-state index in [0.717, 1.165) is 4.90 Å². The van der Waals surface area contributed by atoms with E-state index < -0.39 is 12.0 Å². The summed E-state index contributed by atoms with van der Waals surface area (Å²) in [6.45, 7) is 3.47. The molecule has 2 amide bonds. The minimum atomic E-state index is -0.630. The molecular formula is C17H24N3O5+. The Bertz CT molecular complexity index is 634. The van der Waals surface area contributed by atoms with Crippen LogP contribution in [0.4, 0.5) is 5.69 Å². The second-order valence-corrected chi connectivity index (χ2v) is 5.69. The van der Waals surface area contributed by atoms with Crippen molar-refractivity contribution in [1.82, 2.24) is 5.32 Å². The summed E-state index contributed by atoms with van der Waals surface area (Å²) < 4.78 is 10.1. The Labute approximate surface area is 146 Å². The monoisotopic (exact) mass is 350 g/mol. The van der Waals surface area contributed by atoms with E-state index in [1.165, 1.54) is 7.11 Å². The van der Waals surface area contributed by atoms with E-state index in [0.29, 0.717) is 31.1 Å². The molecule has 0 aliphatic carbocycles. The van der Waals surface area contributed by atoms with Crippen LogP contribution in [0.25, 0.3) is 0 Å². The number of benzene rings is 1. The van der Waals surface area contributed by atoms with Crippen LogP contribution in [-0.2, 0) is 19.1 Å². The van der Waals surface area contributed by atoms with Crippen LogP contribution in [0.5, 0.6) is 5.75 Å². The van der Waals surface area contributed by atoms with E-state index >= 15 is 0 Å². The molecule has 1 fully saturated rings. The lowest BCUT2D eigenvalue weighted by atomic mass is 10.1. The molecule has 1 aromatic rings. The number of quaternary nitrogens is 1. The zero-order chi connectivity index (χ0) is 18.2. The Morgan fingerprint density at radius 2 is 2.12 bits per heavy atom. The van der Waals surface area contributed by atoms with Crippen molar-refractivity contribution in [2.24, 2.45) is 0 Å². The highest BCUT2D eigenvalue weighted by atomic mass is 16.5. The third kappa shape index (κ3) is 5.18. The van der Waals surface area contributed by atoms with Crippen molar-refractivity contribution in [3.63, 3.8) is 0 Å². The second-order valence-electron chi connectivity index (χ2n) is 5.69. The number of esters is 1. The Morgan fingerprint density at radius 3 is 2.84 bits per heavy atom. The van der Waals surface area contributed by atoms with Crippen LogP contribution in [0.2, 0.25) is 0 Å². The zero-order valence-corrected chi connectivity index (χ0v) is 14.5. The van der Waals surface area contributed by atoms with Gasteiger partial charge in [0.25, 0.3) is 11.8 Å². The number of methoxy groups -OCH3 is 1. The largest absolute Gasteiger partial charge is 0.492 e. The molecule has 1 aliphatic heterocycles. The number of para-hydroxylation sites is 2. The van der Waals surface area contributed by atoms with Crippen molar-refractivity contribution < 1.29 is 28.8 Å². The average Bonchev–Trinajstić information content (AvgIpc) is 2.59. The summed E-state index contributed by atoms with van der Waals surface area (Å²) in [6, 6.07) is 6.54. The third-order valence-corrected chi connectivity index (χ3v) is 4.00. The molecule has 0 saturated carbocycles. The van der Waals surface area contributed by atoms with Crippen LogP contribution in [-0.4, -0.2) is 57.2 Å². The topological polar surface area (TPSA) is 98.2 Å². The lowest BCUT2D eigenvalue weighted by molar-refractivity contribution is -0.909. The number of ether oxygens (including phenoxy) is 2. The first-order chi connectivity index (χ1) is 12.0. The van der Waals surface area contributed by atoms with Crippen LogP contribution in [0.15, 0.2) is 24.3 Å². The van der Waals surface area contributed by atoms with E-state index in [9.17, 15) is 14.4 Å². The summed E-state index contributed by atoms with van der Waals surface area (Å²) in [6.07, 6.45) is -0.0551. The van der Waals surface area contributed by atoms with Gasteiger partial charge in [-0.15, -0.1) is 0 Å². The fourth-order valence-corrected chi connectivity index (χ4v) is 2.78. The Balaban J connectivity index is 2.02. The Kier molecular flexibility index (Phi) is 6.76. The Hall–Kier alpha value is -2.61. The quantitative estimate of drug-likeness (QED) is 0.546. The standard InChI is InChI=1S/C17H23N3O5/c1-3-25-14-7-5-4-6-12(14)19-15(21)11-20-9-8-18-17(23)13(20)10-16(22)24-2/h4-7,13H,3,8-11H2,1-2H3,(H,18,23)(H,19,21)/p+1/t13-/m1/s1. The van der Waals surface area contributed by atoms with Crippen molar-refractivity contribution in [2.75, 3.05) is 38.7 Å². The van der Waals surface area contributed by atoms with E-state index in [-0.39, 0.29) is 24.8 Å². The van der Waals surface area contributed by atoms with Gasteiger partial charge in [-0.2, -0.15) is 0 Å². The van der Waals surface area contributed by atoms with Crippen molar-refractivity contribution in [2.45, 2.75) is 19.4 Å². The molecule has 8 heteroatoms. The van der Waals surface area contributed by atoms with E-state index in [2.05, 4.69) is 15.4 Å². The lowest BCUT2D eigenvalue weighted by Gasteiger charge is -2.30. The molecular weight excluding hydrogens is 326 g/mol. The molecule has 0 aromatic heterocycles. The molecule has 1 aliphatic rings. The van der Waals surface area contributed by atoms with Gasteiger partial charge in [-0.05, 0) is 19.1 Å². The van der Waals surface area contributed by atoms with Crippen molar-refractivity contribution in [1.29, 1.82) is 0 Å². The number of anilines is 1. The van der Waals surface area contributed by atoms with Gasteiger partial charge in [0, 0.05) is 0 Å².